The first-order chi connectivity index (χ1) is 15.4. The lowest BCUT2D eigenvalue weighted by Gasteiger charge is -2.26. The van der Waals surface area contributed by atoms with Crippen molar-refractivity contribution < 1.29 is 22.7 Å². The summed E-state index contributed by atoms with van der Waals surface area (Å²) in [5, 5.41) is 3.01. The third-order valence-corrected chi connectivity index (χ3v) is 7.39. The van der Waals surface area contributed by atoms with Gasteiger partial charge in [0.2, 0.25) is 15.9 Å². The molecule has 3 rings (SSSR count). The number of hydrogen-bond acceptors (Lipinski definition) is 6. The van der Waals surface area contributed by atoms with Crippen LogP contribution < -0.4 is 10.0 Å². The molecule has 0 spiro atoms. The van der Waals surface area contributed by atoms with Gasteiger partial charge in [-0.1, -0.05) is 11.6 Å². The topological polar surface area (TPSA) is 108 Å². The van der Waals surface area contributed by atoms with Crippen LogP contribution in [0.15, 0.2) is 23.1 Å². The Morgan fingerprint density at radius 1 is 1.09 bits per heavy atom. The Kier molecular flexibility index (Phi) is 9.30. The molecule has 1 aromatic rings. The Hall–Kier alpha value is -1.72. The number of likely N-dealkylation sites (tertiary alicyclic amines) is 1. The van der Waals surface area contributed by atoms with E-state index in [2.05, 4.69) is 14.9 Å². The molecule has 32 heavy (non-hydrogen) atoms. The summed E-state index contributed by atoms with van der Waals surface area (Å²) in [6.07, 6.45) is 2.72. The van der Waals surface area contributed by atoms with Crippen molar-refractivity contribution in [3.63, 3.8) is 0 Å². The van der Waals surface area contributed by atoms with Crippen molar-refractivity contribution in [1.82, 2.24) is 19.8 Å². The lowest BCUT2D eigenvalue weighted by Crippen LogP contribution is -2.38. The van der Waals surface area contributed by atoms with Crippen LogP contribution in [0.25, 0.3) is 0 Å². The van der Waals surface area contributed by atoms with Gasteiger partial charge in [0, 0.05) is 45.7 Å². The first-order valence-corrected chi connectivity index (χ1v) is 12.9. The maximum absolute atomic E-state index is 12.6. The minimum absolute atomic E-state index is 0.0161. The Morgan fingerprint density at radius 2 is 1.84 bits per heavy atom. The van der Waals surface area contributed by atoms with Gasteiger partial charge < -0.3 is 15.0 Å². The summed E-state index contributed by atoms with van der Waals surface area (Å²) in [6.45, 7) is 6.03. The molecular weight excluding hydrogens is 456 g/mol. The van der Waals surface area contributed by atoms with Crippen LogP contribution in [0, 0.1) is 0 Å². The van der Waals surface area contributed by atoms with Gasteiger partial charge in [-0.15, -0.1) is 0 Å². The molecule has 178 valence electrons. The van der Waals surface area contributed by atoms with E-state index >= 15 is 0 Å². The molecule has 0 radical (unpaired) electrons. The SMILES string of the molecule is O=C(NCCCN1CCOCC1)c1cc(S(=O)(=O)NCCCN2CCCC2=O)ccc1Cl. The molecule has 0 saturated carbocycles. The summed E-state index contributed by atoms with van der Waals surface area (Å²) >= 11 is 6.15. The molecular formula is C21H31ClN4O5S. The predicted octanol–water partition coefficient (Wildman–Crippen LogP) is 1.08. The molecule has 0 bridgehead atoms. The fourth-order valence-corrected chi connectivity index (χ4v) is 5.07. The van der Waals surface area contributed by atoms with Crippen molar-refractivity contribution in [1.29, 1.82) is 0 Å². The number of carbonyl (C=O) groups is 2. The van der Waals surface area contributed by atoms with Gasteiger partial charge >= 0.3 is 0 Å². The normalized spacial score (nSPS) is 17.7. The van der Waals surface area contributed by atoms with Gasteiger partial charge in [-0.3, -0.25) is 14.5 Å². The lowest BCUT2D eigenvalue weighted by molar-refractivity contribution is -0.127. The maximum atomic E-state index is 12.6. The fourth-order valence-electron chi connectivity index (χ4n) is 3.77. The Bertz CT molecular complexity index is 905. The number of morpholine rings is 1. The summed E-state index contributed by atoms with van der Waals surface area (Å²) in [7, 11) is -3.79. The molecule has 2 N–H and O–H groups in total. The zero-order chi connectivity index (χ0) is 23.0. The average Bonchev–Trinajstić information content (AvgIpc) is 3.19. The number of halogens is 1. The second-order valence-electron chi connectivity index (χ2n) is 7.94. The van der Waals surface area contributed by atoms with Crippen LogP contribution in [-0.2, 0) is 19.6 Å². The number of benzene rings is 1. The molecule has 0 aliphatic carbocycles. The number of rotatable bonds is 11. The average molecular weight is 487 g/mol. The van der Waals surface area contributed by atoms with E-state index in [4.69, 9.17) is 16.3 Å². The van der Waals surface area contributed by atoms with Crippen LogP contribution in [-0.4, -0.2) is 89.1 Å². The first-order valence-electron chi connectivity index (χ1n) is 11.0. The van der Waals surface area contributed by atoms with Crippen molar-refractivity contribution in [3.8, 4) is 0 Å². The van der Waals surface area contributed by atoms with E-state index in [1.54, 1.807) is 4.90 Å². The number of ether oxygens (including phenoxy) is 1. The zero-order valence-corrected chi connectivity index (χ0v) is 19.7. The zero-order valence-electron chi connectivity index (χ0n) is 18.1. The highest BCUT2D eigenvalue weighted by Crippen LogP contribution is 2.20. The molecule has 2 amide bonds. The van der Waals surface area contributed by atoms with E-state index in [1.807, 2.05) is 0 Å². The van der Waals surface area contributed by atoms with Gasteiger partial charge in [0.05, 0.1) is 28.7 Å². The van der Waals surface area contributed by atoms with E-state index in [0.29, 0.717) is 25.9 Å². The van der Waals surface area contributed by atoms with E-state index in [1.165, 1.54) is 18.2 Å². The monoisotopic (exact) mass is 486 g/mol. The number of sulfonamides is 1. The summed E-state index contributed by atoms with van der Waals surface area (Å²) in [6, 6.07) is 4.09. The molecule has 2 saturated heterocycles. The predicted molar refractivity (Wildman–Crippen MR) is 121 cm³/mol. The smallest absolute Gasteiger partial charge is 0.252 e. The molecule has 0 unspecified atom stereocenters. The van der Waals surface area contributed by atoms with Crippen LogP contribution in [0.5, 0.6) is 0 Å². The number of amides is 2. The summed E-state index contributed by atoms with van der Waals surface area (Å²) in [5.74, 6) is -0.285. The number of nitrogens with one attached hydrogen (secondary N) is 2. The summed E-state index contributed by atoms with van der Waals surface area (Å²) in [4.78, 5) is 28.2. The molecule has 2 aliphatic rings. The fraction of sp³-hybridized carbons (Fsp3) is 0.619. The molecule has 0 aromatic heterocycles. The van der Waals surface area contributed by atoms with Gasteiger partial charge in [-0.2, -0.15) is 0 Å². The van der Waals surface area contributed by atoms with E-state index in [-0.39, 0.29) is 27.9 Å². The number of hydrogen-bond donors (Lipinski definition) is 2. The molecule has 1 aromatic carbocycles. The largest absolute Gasteiger partial charge is 0.379 e. The van der Waals surface area contributed by atoms with Gasteiger partial charge in [0.1, 0.15) is 0 Å². The summed E-state index contributed by atoms with van der Waals surface area (Å²) < 4.78 is 33.1. The van der Waals surface area contributed by atoms with Crippen molar-refractivity contribution in [2.75, 3.05) is 59.0 Å². The Labute approximate surface area is 194 Å². The van der Waals surface area contributed by atoms with E-state index in [9.17, 15) is 18.0 Å². The van der Waals surface area contributed by atoms with Crippen LogP contribution in [0.3, 0.4) is 0 Å². The second kappa shape index (κ2) is 11.9. The van der Waals surface area contributed by atoms with Crippen LogP contribution in [0.1, 0.15) is 36.0 Å². The van der Waals surface area contributed by atoms with Gasteiger partial charge in [-0.25, -0.2) is 13.1 Å². The highest BCUT2D eigenvalue weighted by molar-refractivity contribution is 7.89. The highest BCUT2D eigenvalue weighted by Gasteiger charge is 2.21. The van der Waals surface area contributed by atoms with Gasteiger partial charge in [0.25, 0.3) is 5.91 Å². The van der Waals surface area contributed by atoms with Crippen molar-refractivity contribution in [2.24, 2.45) is 0 Å². The maximum Gasteiger partial charge on any atom is 0.252 e. The third kappa shape index (κ3) is 7.14. The first kappa shape index (κ1) is 24.9. The number of carbonyl (C=O) groups excluding carboxylic acids is 2. The molecule has 9 nitrogen and oxygen atoms in total. The quantitative estimate of drug-likeness (QED) is 0.453. The van der Waals surface area contributed by atoms with Crippen molar-refractivity contribution >= 4 is 33.4 Å². The lowest BCUT2D eigenvalue weighted by atomic mass is 10.2. The molecule has 2 heterocycles. The minimum Gasteiger partial charge on any atom is -0.379 e. The third-order valence-electron chi connectivity index (χ3n) is 5.60. The Morgan fingerprint density at radius 3 is 2.56 bits per heavy atom. The van der Waals surface area contributed by atoms with Crippen molar-refractivity contribution in [2.45, 2.75) is 30.6 Å². The molecule has 11 heteroatoms. The standard InChI is InChI=1S/C21H31ClN4O5S/c22-19-6-5-17(32(29,30)24-8-3-11-26-10-1-4-20(26)27)16-18(19)21(28)23-7-2-9-25-12-14-31-15-13-25/h5-6,16,24H,1-4,7-15H2,(H,23,28). The van der Waals surface area contributed by atoms with Gasteiger partial charge in [0.15, 0.2) is 0 Å². The van der Waals surface area contributed by atoms with Crippen molar-refractivity contribution in [3.05, 3.63) is 28.8 Å². The second-order valence-corrected chi connectivity index (χ2v) is 10.1. The van der Waals surface area contributed by atoms with Crippen LogP contribution in [0.2, 0.25) is 5.02 Å². The highest BCUT2D eigenvalue weighted by atomic mass is 35.5. The van der Waals surface area contributed by atoms with Crippen LogP contribution in [0.4, 0.5) is 0 Å². The molecule has 2 aliphatic heterocycles. The van der Waals surface area contributed by atoms with E-state index < -0.39 is 15.9 Å². The van der Waals surface area contributed by atoms with Gasteiger partial charge in [-0.05, 0) is 44.0 Å². The Balaban J connectivity index is 1.48. The molecule has 2 fully saturated rings. The van der Waals surface area contributed by atoms with E-state index in [0.717, 1.165) is 52.2 Å². The van der Waals surface area contributed by atoms with Crippen LogP contribution >= 0.6 is 11.6 Å². The summed E-state index contributed by atoms with van der Waals surface area (Å²) in [5.41, 5.74) is 0.128. The molecule has 0 atom stereocenters. The number of nitrogens with zero attached hydrogens (tertiary/aromatic N) is 2. The minimum atomic E-state index is -3.79.